The standard InChI is InChI=1S/C7H6BrN3/c1-5-4-6(8)11-7(10-5)2-3-9-11/h2-4H,1H3/i1D3,2D,3D,4D. The van der Waals surface area contributed by atoms with Crippen molar-refractivity contribution in [3.63, 3.8) is 0 Å². The third-order valence-corrected chi connectivity index (χ3v) is 1.68. The number of halogens is 1. The Morgan fingerprint density at radius 3 is 3.55 bits per heavy atom. The zero-order valence-electron chi connectivity index (χ0n) is 11.2. The molecule has 2 rings (SSSR count). The normalized spacial score (nSPS) is 19.7. The monoisotopic (exact) mass is 217 g/mol. The van der Waals surface area contributed by atoms with E-state index in [0.717, 1.165) is 4.52 Å². The van der Waals surface area contributed by atoms with Crippen molar-refractivity contribution in [3.05, 3.63) is 28.6 Å². The summed E-state index contributed by atoms with van der Waals surface area (Å²) in [6.07, 6.45) is -0.319. The number of fused-ring (bicyclic) bond motifs is 1. The van der Waals surface area contributed by atoms with Crippen LogP contribution in [-0.2, 0) is 0 Å². The molecule has 4 heteroatoms. The van der Waals surface area contributed by atoms with Crippen molar-refractivity contribution < 1.29 is 8.22 Å². The van der Waals surface area contributed by atoms with Gasteiger partial charge < -0.3 is 0 Å². The van der Waals surface area contributed by atoms with Crippen molar-refractivity contribution in [2.45, 2.75) is 6.85 Å². The molecule has 0 saturated heterocycles. The molecule has 0 atom stereocenters. The fraction of sp³-hybridized carbons (Fsp3) is 0.143. The molecule has 0 aliphatic rings. The van der Waals surface area contributed by atoms with Crippen LogP contribution in [0.15, 0.2) is 22.9 Å². The maximum absolute atomic E-state index is 7.66. The van der Waals surface area contributed by atoms with Crippen molar-refractivity contribution in [2.75, 3.05) is 0 Å². The Labute approximate surface area is 80.6 Å². The maximum Gasteiger partial charge on any atom is 0.156 e. The van der Waals surface area contributed by atoms with Gasteiger partial charge in [-0.2, -0.15) is 5.10 Å². The Hall–Kier alpha value is -0.900. The minimum Gasteiger partial charge on any atom is -0.234 e. The Morgan fingerprint density at radius 1 is 1.82 bits per heavy atom. The highest BCUT2D eigenvalue weighted by Crippen LogP contribution is 2.11. The molecule has 3 nitrogen and oxygen atoms in total. The van der Waals surface area contributed by atoms with Gasteiger partial charge in [-0.05, 0) is 28.8 Å². The molecular formula is C7H6BrN3. The summed E-state index contributed by atoms with van der Waals surface area (Å²) in [6, 6.07) is -0.587. The summed E-state index contributed by atoms with van der Waals surface area (Å²) in [7, 11) is 0. The summed E-state index contributed by atoms with van der Waals surface area (Å²) in [6.45, 7) is -2.54. The Kier molecular flexibility index (Phi) is 0.599. The number of rotatable bonds is 0. The highest BCUT2D eigenvalue weighted by atomic mass is 79.9. The smallest absolute Gasteiger partial charge is 0.156 e. The molecule has 0 unspecified atom stereocenters. The lowest BCUT2D eigenvalue weighted by atomic mass is 10.4. The Balaban J connectivity index is 2.90. The molecule has 0 aliphatic carbocycles. The molecule has 0 amide bonds. The van der Waals surface area contributed by atoms with E-state index in [1.165, 1.54) is 0 Å². The average Bonchev–Trinajstić information content (AvgIpc) is 2.48. The van der Waals surface area contributed by atoms with Crippen LogP contribution in [0.4, 0.5) is 0 Å². The van der Waals surface area contributed by atoms with Gasteiger partial charge in [-0.25, -0.2) is 9.50 Å². The first-order valence-corrected chi connectivity index (χ1v) is 3.55. The zero-order chi connectivity index (χ0) is 13.0. The lowest BCUT2D eigenvalue weighted by molar-refractivity contribution is 0.905. The van der Waals surface area contributed by atoms with E-state index >= 15 is 0 Å². The van der Waals surface area contributed by atoms with E-state index in [1.807, 2.05) is 0 Å². The molecule has 0 radical (unpaired) electrons. The van der Waals surface area contributed by atoms with Gasteiger partial charge in [0.1, 0.15) is 4.60 Å². The third kappa shape index (κ3) is 1.03. The summed E-state index contributed by atoms with van der Waals surface area (Å²) in [5.41, 5.74) is -0.464. The molecule has 0 spiro atoms. The van der Waals surface area contributed by atoms with Crippen LogP contribution in [0, 0.1) is 6.85 Å². The average molecular weight is 218 g/mol. The van der Waals surface area contributed by atoms with E-state index in [9.17, 15) is 0 Å². The number of hydrogen-bond acceptors (Lipinski definition) is 2. The summed E-state index contributed by atoms with van der Waals surface area (Å²) < 4.78 is 45.5. The van der Waals surface area contributed by atoms with Gasteiger partial charge in [0.05, 0.1) is 10.3 Å². The van der Waals surface area contributed by atoms with E-state index in [0.29, 0.717) is 0 Å². The fourth-order valence-corrected chi connectivity index (χ4v) is 1.16. The summed E-state index contributed by atoms with van der Waals surface area (Å²) >= 11 is 3.03. The Bertz CT molecular complexity index is 604. The number of hydrogen-bond donors (Lipinski definition) is 0. The maximum atomic E-state index is 7.66. The van der Waals surface area contributed by atoms with Crippen molar-refractivity contribution in [1.29, 1.82) is 0 Å². The second-order valence-electron chi connectivity index (χ2n) is 1.85. The quantitative estimate of drug-likeness (QED) is 0.631. The van der Waals surface area contributed by atoms with E-state index in [-0.39, 0.29) is 28.5 Å². The second-order valence-corrected chi connectivity index (χ2v) is 2.60. The largest absolute Gasteiger partial charge is 0.234 e. The lowest BCUT2D eigenvalue weighted by Gasteiger charge is -1.97. The van der Waals surface area contributed by atoms with Gasteiger partial charge in [-0.15, -0.1) is 0 Å². The first-order chi connectivity index (χ1) is 7.73. The van der Waals surface area contributed by atoms with Gasteiger partial charge in [0.15, 0.2) is 5.65 Å². The molecule has 0 N–H and O–H groups in total. The first kappa shape index (κ1) is 2.86. The molecule has 0 aromatic carbocycles. The van der Waals surface area contributed by atoms with Crippen molar-refractivity contribution >= 4 is 21.6 Å². The highest BCUT2D eigenvalue weighted by molar-refractivity contribution is 9.10. The van der Waals surface area contributed by atoms with Gasteiger partial charge in [0.2, 0.25) is 0 Å². The van der Waals surface area contributed by atoms with Crippen molar-refractivity contribution in [3.8, 4) is 0 Å². The molecule has 2 aromatic heterocycles. The minimum absolute atomic E-state index is 0.0519. The molecule has 0 fully saturated rings. The summed E-state index contributed by atoms with van der Waals surface area (Å²) in [5.74, 6) is 0. The third-order valence-electron chi connectivity index (χ3n) is 1.14. The van der Waals surface area contributed by atoms with E-state index in [1.54, 1.807) is 0 Å². The van der Waals surface area contributed by atoms with E-state index < -0.39 is 12.5 Å². The van der Waals surface area contributed by atoms with Crippen molar-refractivity contribution in [1.82, 2.24) is 14.6 Å². The molecule has 2 aromatic rings. The topological polar surface area (TPSA) is 30.2 Å². The first-order valence-electron chi connectivity index (χ1n) is 5.76. The van der Waals surface area contributed by atoms with Gasteiger partial charge in [0, 0.05) is 15.8 Å². The van der Waals surface area contributed by atoms with Gasteiger partial charge >= 0.3 is 0 Å². The predicted octanol–water partition coefficient (Wildman–Crippen LogP) is 1.80. The van der Waals surface area contributed by atoms with Gasteiger partial charge in [-0.3, -0.25) is 0 Å². The van der Waals surface area contributed by atoms with Crippen LogP contribution in [0.25, 0.3) is 5.65 Å². The molecule has 0 saturated carbocycles. The van der Waals surface area contributed by atoms with Crippen LogP contribution >= 0.6 is 15.9 Å². The molecule has 0 bridgehead atoms. The number of aromatic nitrogens is 3. The molecule has 2 heterocycles. The van der Waals surface area contributed by atoms with E-state index in [4.69, 9.17) is 8.22 Å². The minimum atomic E-state index is -2.54. The van der Waals surface area contributed by atoms with Crippen LogP contribution in [-0.4, -0.2) is 14.6 Å². The second kappa shape index (κ2) is 2.30. The summed E-state index contributed by atoms with van der Waals surface area (Å²) in [4.78, 5) is 3.74. The van der Waals surface area contributed by atoms with Crippen LogP contribution in [0.5, 0.6) is 0 Å². The van der Waals surface area contributed by atoms with Crippen LogP contribution in [0.1, 0.15) is 13.9 Å². The molecule has 56 valence electrons. The molecular weight excluding hydrogens is 206 g/mol. The van der Waals surface area contributed by atoms with Crippen LogP contribution in [0.3, 0.4) is 0 Å². The number of nitrogens with zero attached hydrogens (tertiary/aromatic N) is 3. The van der Waals surface area contributed by atoms with E-state index in [2.05, 4.69) is 26.0 Å². The van der Waals surface area contributed by atoms with Gasteiger partial charge in [0.25, 0.3) is 0 Å². The predicted molar refractivity (Wildman–Crippen MR) is 45.4 cm³/mol. The molecule has 11 heavy (non-hydrogen) atoms. The Morgan fingerprint density at radius 2 is 2.73 bits per heavy atom. The lowest BCUT2D eigenvalue weighted by Crippen LogP contribution is -1.93. The van der Waals surface area contributed by atoms with Crippen molar-refractivity contribution in [2.24, 2.45) is 0 Å². The zero-order valence-corrected chi connectivity index (χ0v) is 6.81. The van der Waals surface area contributed by atoms with Crippen LogP contribution < -0.4 is 0 Å². The van der Waals surface area contributed by atoms with Crippen LogP contribution in [0.2, 0.25) is 0 Å². The number of aryl methyl sites for hydroxylation is 1. The van der Waals surface area contributed by atoms with Gasteiger partial charge in [-0.1, -0.05) is 0 Å². The fourth-order valence-electron chi connectivity index (χ4n) is 0.722. The highest BCUT2D eigenvalue weighted by Gasteiger charge is 1.99. The molecule has 0 aliphatic heterocycles. The SMILES string of the molecule is [2H]c1nn2c(Br)c([2H])c(C([2H])([2H])[2H])nc2c1[2H]. The summed E-state index contributed by atoms with van der Waals surface area (Å²) in [5, 5.41) is 3.68.